The summed E-state index contributed by atoms with van der Waals surface area (Å²) in [7, 11) is 0. The molecule has 112 valence electrons. The number of halogens is 2. The predicted octanol–water partition coefficient (Wildman–Crippen LogP) is 4.49. The number of anilines is 2. The highest BCUT2D eigenvalue weighted by Crippen LogP contribution is 2.38. The first-order chi connectivity index (χ1) is 10.5. The zero-order valence-corrected chi connectivity index (χ0v) is 12.6. The maximum Gasteiger partial charge on any atom is 0.324 e. The molecule has 1 aromatic heterocycles. The molecule has 0 saturated heterocycles. The van der Waals surface area contributed by atoms with Gasteiger partial charge in [0.25, 0.3) is 0 Å². The van der Waals surface area contributed by atoms with Gasteiger partial charge in [-0.15, -0.1) is 0 Å². The highest BCUT2D eigenvalue weighted by Gasteiger charge is 2.25. The van der Waals surface area contributed by atoms with E-state index in [-0.39, 0.29) is 27.4 Å². The van der Waals surface area contributed by atoms with Crippen molar-refractivity contribution in [3.63, 3.8) is 0 Å². The van der Waals surface area contributed by atoms with Gasteiger partial charge in [0.15, 0.2) is 5.52 Å². The highest BCUT2D eigenvalue weighted by molar-refractivity contribution is 6.35. The van der Waals surface area contributed by atoms with Crippen LogP contribution in [0.3, 0.4) is 0 Å². The summed E-state index contributed by atoms with van der Waals surface area (Å²) in [6, 6.07) is 6.61. The molecule has 1 N–H and O–H groups in total. The summed E-state index contributed by atoms with van der Waals surface area (Å²) in [5.74, 6) is 0. The number of nitrogens with zero attached hydrogens (tertiary/aromatic N) is 3. The first-order valence-corrected chi connectivity index (χ1v) is 6.85. The van der Waals surface area contributed by atoms with Gasteiger partial charge in [-0.1, -0.05) is 29.3 Å². The Morgan fingerprint density at radius 1 is 1.18 bits per heavy atom. The van der Waals surface area contributed by atoms with Crippen molar-refractivity contribution in [1.82, 2.24) is 10.3 Å². The van der Waals surface area contributed by atoms with E-state index in [0.717, 1.165) is 5.56 Å². The Bertz CT molecular complexity index is 894. The minimum Gasteiger partial charge on any atom is -0.350 e. The lowest BCUT2D eigenvalue weighted by molar-refractivity contribution is -0.382. The fraction of sp³-hybridized carbons (Fsp3) is 0.0769. The van der Waals surface area contributed by atoms with Crippen LogP contribution in [0.4, 0.5) is 17.1 Å². The van der Waals surface area contributed by atoms with E-state index >= 15 is 0 Å². The van der Waals surface area contributed by atoms with Crippen LogP contribution in [0.25, 0.3) is 11.0 Å². The van der Waals surface area contributed by atoms with E-state index in [9.17, 15) is 10.1 Å². The molecule has 0 radical (unpaired) electrons. The molecule has 1 heterocycles. The maximum absolute atomic E-state index is 11.4. The molecule has 0 unspecified atom stereocenters. The third-order valence-electron chi connectivity index (χ3n) is 3.12. The molecule has 2 aromatic carbocycles. The molecule has 22 heavy (non-hydrogen) atoms. The lowest BCUT2D eigenvalue weighted by atomic mass is 10.1. The van der Waals surface area contributed by atoms with Crippen LogP contribution in [0.2, 0.25) is 10.0 Å². The van der Waals surface area contributed by atoms with Gasteiger partial charge in [0, 0.05) is 10.7 Å². The van der Waals surface area contributed by atoms with Crippen molar-refractivity contribution in [2.75, 3.05) is 5.32 Å². The topological polar surface area (TPSA) is 94.1 Å². The second-order valence-electron chi connectivity index (χ2n) is 4.56. The molecule has 0 atom stereocenters. The van der Waals surface area contributed by atoms with Crippen LogP contribution in [0.5, 0.6) is 0 Å². The van der Waals surface area contributed by atoms with Gasteiger partial charge in [-0.25, -0.2) is 4.63 Å². The van der Waals surface area contributed by atoms with E-state index in [1.807, 2.05) is 6.92 Å². The average Bonchev–Trinajstić information content (AvgIpc) is 2.92. The number of fused-ring (bicyclic) bond motifs is 1. The van der Waals surface area contributed by atoms with Crippen molar-refractivity contribution in [2.24, 2.45) is 0 Å². The highest BCUT2D eigenvalue weighted by atomic mass is 35.5. The van der Waals surface area contributed by atoms with Crippen LogP contribution >= 0.6 is 23.2 Å². The molecule has 0 fully saturated rings. The Balaban J connectivity index is 2.19. The Morgan fingerprint density at radius 3 is 2.64 bits per heavy atom. The fourth-order valence-corrected chi connectivity index (χ4v) is 2.45. The van der Waals surface area contributed by atoms with Crippen molar-refractivity contribution in [3.05, 3.63) is 50.0 Å². The van der Waals surface area contributed by atoms with Crippen LogP contribution < -0.4 is 5.32 Å². The number of nitro groups is 1. The number of nitro benzene ring substituents is 1. The number of hydrogen-bond acceptors (Lipinski definition) is 6. The number of hydrogen-bond donors (Lipinski definition) is 1. The van der Waals surface area contributed by atoms with Gasteiger partial charge in [0.2, 0.25) is 5.52 Å². The van der Waals surface area contributed by atoms with Gasteiger partial charge in [-0.3, -0.25) is 10.1 Å². The molecular weight excluding hydrogens is 331 g/mol. The number of nitrogens with one attached hydrogen (secondary N) is 1. The predicted molar refractivity (Wildman–Crippen MR) is 82.9 cm³/mol. The van der Waals surface area contributed by atoms with Crippen molar-refractivity contribution in [2.45, 2.75) is 6.92 Å². The van der Waals surface area contributed by atoms with Crippen molar-refractivity contribution in [1.29, 1.82) is 0 Å². The summed E-state index contributed by atoms with van der Waals surface area (Å²) in [6.07, 6.45) is 0. The van der Waals surface area contributed by atoms with Gasteiger partial charge < -0.3 is 5.32 Å². The molecule has 0 aliphatic rings. The van der Waals surface area contributed by atoms with Crippen molar-refractivity contribution < 1.29 is 9.55 Å². The third-order valence-corrected chi connectivity index (χ3v) is 3.64. The largest absolute Gasteiger partial charge is 0.350 e. The molecule has 7 nitrogen and oxygen atoms in total. The van der Waals surface area contributed by atoms with Gasteiger partial charge in [0.1, 0.15) is 5.69 Å². The molecule has 3 rings (SSSR count). The second kappa shape index (κ2) is 5.43. The van der Waals surface area contributed by atoms with E-state index in [0.29, 0.717) is 10.7 Å². The van der Waals surface area contributed by atoms with Crippen LogP contribution in [-0.2, 0) is 0 Å². The van der Waals surface area contributed by atoms with Gasteiger partial charge in [-0.05, 0) is 41.0 Å². The smallest absolute Gasteiger partial charge is 0.324 e. The quantitative estimate of drug-likeness (QED) is 0.558. The minimum absolute atomic E-state index is 0.0142. The molecule has 3 aromatic rings. The Labute approximate surface area is 133 Å². The Kier molecular flexibility index (Phi) is 3.59. The van der Waals surface area contributed by atoms with Gasteiger partial charge >= 0.3 is 5.69 Å². The fourth-order valence-electron chi connectivity index (χ4n) is 2.05. The van der Waals surface area contributed by atoms with Crippen molar-refractivity contribution >= 4 is 51.3 Å². The minimum atomic E-state index is -0.564. The van der Waals surface area contributed by atoms with Crippen LogP contribution in [0.1, 0.15) is 5.56 Å². The van der Waals surface area contributed by atoms with Crippen LogP contribution in [-0.4, -0.2) is 15.2 Å². The molecular formula is C13H8Cl2N4O3. The maximum atomic E-state index is 11.4. The average molecular weight is 339 g/mol. The van der Waals surface area contributed by atoms with Crippen LogP contribution in [0, 0.1) is 17.0 Å². The van der Waals surface area contributed by atoms with Gasteiger partial charge in [-0.2, -0.15) is 0 Å². The third kappa shape index (κ3) is 2.44. The number of benzene rings is 2. The zero-order chi connectivity index (χ0) is 15.9. The van der Waals surface area contributed by atoms with Crippen molar-refractivity contribution in [3.8, 4) is 0 Å². The summed E-state index contributed by atoms with van der Waals surface area (Å²) in [4.78, 5) is 10.8. The number of aryl methyl sites for hydroxylation is 1. The molecule has 0 bridgehead atoms. The molecule has 0 spiro atoms. The summed E-state index contributed by atoms with van der Waals surface area (Å²) in [6.45, 7) is 1.85. The summed E-state index contributed by atoms with van der Waals surface area (Å²) < 4.78 is 4.55. The molecule has 0 aliphatic carbocycles. The number of aromatic nitrogens is 2. The molecule has 9 heteroatoms. The van der Waals surface area contributed by atoms with E-state index in [2.05, 4.69) is 20.3 Å². The molecule has 0 saturated carbocycles. The summed E-state index contributed by atoms with van der Waals surface area (Å²) in [5.41, 5.74) is 1.54. The van der Waals surface area contributed by atoms with E-state index in [4.69, 9.17) is 23.2 Å². The van der Waals surface area contributed by atoms with E-state index in [1.54, 1.807) is 18.2 Å². The second-order valence-corrected chi connectivity index (χ2v) is 5.40. The molecule has 0 amide bonds. The first-order valence-electron chi connectivity index (χ1n) is 6.09. The summed E-state index contributed by atoms with van der Waals surface area (Å²) in [5, 5.41) is 22.2. The van der Waals surface area contributed by atoms with Gasteiger partial charge in [0.05, 0.1) is 9.95 Å². The van der Waals surface area contributed by atoms with E-state index < -0.39 is 4.92 Å². The number of rotatable bonds is 3. The molecule has 0 aliphatic heterocycles. The van der Waals surface area contributed by atoms with Crippen LogP contribution in [0.15, 0.2) is 28.9 Å². The standard InChI is InChI=1S/C13H8Cl2N4O3/c1-6-2-3-7(14)4-9(6)16-10-5-8(15)11-12(18-22-17-11)13(10)19(20)21/h2-5,16H,1H3. The lowest BCUT2D eigenvalue weighted by Crippen LogP contribution is -2.00. The lowest BCUT2D eigenvalue weighted by Gasteiger charge is -2.10. The Morgan fingerprint density at radius 2 is 1.91 bits per heavy atom. The summed E-state index contributed by atoms with van der Waals surface area (Å²) >= 11 is 12.0. The van der Waals surface area contributed by atoms with E-state index in [1.165, 1.54) is 6.07 Å². The first kappa shape index (κ1) is 14.6. The monoisotopic (exact) mass is 338 g/mol. The zero-order valence-electron chi connectivity index (χ0n) is 11.1. The SMILES string of the molecule is Cc1ccc(Cl)cc1Nc1cc(Cl)c2nonc2c1[N+](=O)[O-]. The Hall–Kier alpha value is -2.38. The normalized spacial score (nSPS) is 10.9.